The summed E-state index contributed by atoms with van der Waals surface area (Å²) in [6, 6.07) is 6.81. The molecule has 0 aliphatic heterocycles. The number of para-hydroxylation sites is 2. The summed E-state index contributed by atoms with van der Waals surface area (Å²) in [6.45, 7) is 6.13. The van der Waals surface area contributed by atoms with Crippen LogP contribution in [0.1, 0.15) is 39.2 Å². The topological polar surface area (TPSA) is 47.5 Å². The summed E-state index contributed by atoms with van der Waals surface area (Å²) in [6.07, 6.45) is -2.58. The Morgan fingerprint density at radius 1 is 1.19 bits per heavy atom. The van der Waals surface area contributed by atoms with Crippen molar-refractivity contribution in [2.75, 3.05) is 18.6 Å². The van der Waals surface area contributed by atoms with E-state index in [4.69, 9.17) is 9.47 Å². The summed E-state index contributed by atoms with van der Waals surface area (Å²) in [5.74, 6) is 0.196. The van der Waals surface area contributed by atoms with E-state index in [9.17, 15) is 13.2 Å². The number of hydrogen-bond acceptors (Lipinski definition) is 5. The first kappa shape index (κ1) is 20.8. The zero-order valence-corrected chi connectivity index (χ0v) is 15.9. The Labute approximate surface area is 157 Å². The molecule has 27 heavy (non-hydrogen) atoms. The molecule has 0 N–H and O–H groups in total. The number of aromatic nitrogens is 2. The predicted molar refractivity (Wildman–Crippen MR) is 97.7 cm³/mol. The van der Waals surface area contributed by atoms with Crippen LogP contribution in [0.3, 0.4) is 0 Å². The molecule has 0 saturated carbocycles. The average molecular weight is 383 g/mol. The SMILES string of the molecule is CCCOc1ccccc1N(C)c1nc(OC(C)CC)ncc1C(F)(F)F. The molecule has 0 spiro atoms. The van der Waals surface area contributed by atoms with Gasteiger partial charge in [-0.05, 0) is 31.9 Å². The lowest BCUT2D eigenvalue weighted by Crippen LogP contribution is -2.21. The smallest absolute Gasteiger partial charge is 0.421 e. The van der Waals surface area contributed by atoms with E-state index in [-0.39, 0.29) is 17.9 Å². The number of alkyl halides is 3. The summed E-state index contributed by atoms with van der Waals surface area (Å²) in [7, 11) is 1.51. The molecule has 0 saturated heterocycles. The monoisotopic (exact) mass is 383 g/mol. The van der Waals surface area contributed by atoms with Crippen LogP contribution < -0.4 is 14.4 Å². The van der Waals surface area contributed by atoms with Gasteiger partial charge in [-0.15, -0.1) is 0 Å². The van der Waals surface area contributed by atoms with Gasteiger partial charge in [0.15, 0.2) is 5.82 Å². The molecule has 2 aromatic rings. The highest BCUT2D eigenvalue weighted by Crippen LogP contribution is 2.40. The van der Waals surface area contributed by atoms with Gasteiger partial charge < -0.3 is 14.4 Å². The van der Waals surface area contributed by atoms with E-state index in [1.54, 1.807) is 31.2 Å². The third kappa shape index (κ3) is 5.24. The molecule has 2 rings (SSSR count). The van der Waals surface area contributed by atoms with Gasteiger partial charge in [0.05, 0.1) is 18.4 Å². The fraction of sp³-hybridized carbons (Fsp3) is 0.474. The van der Waals surface area contributed by atoms with Gasteiger partial charge in [-0.3, -0.25) is 0 Å². The van der Waals surface area contributed by atoms with E-state index in [1.807, 2.05) is 13.8 Å². The maximum atomic E-state index is 13.5. The molecule has 8 heteroatoms. The van der Waals surface area contributed by atoms with E-state index in [0.717, 1.165) is 12.6 Å². The molecule has 0 amide bonds. The summed E-state index contributed by atoms with van der Waals surface area (Å²) >= 11 is 0. The van der Waals surface area contributed by atoms with Gasteiger partial charge in [-0.25, -0.2) is 4.98 Å². The van der Waals surface area contributed by atoms with Crippen LogP contribution in [0.2, 0.25) is 0 Å². The quantitative estimate of drug-likeness (QED) is 0.625. The Morgan fingerprint density at radius 2 is 1.89 bits per heavy atom. The molecule has 0 aliphatic rings. The molecule has 148 valence electrons. The molecular weight excluding hydrogens is 359 g/mol. The van der Waals surface area contributed by atoms with Crippen LogP contribution in [0.15, 0.2) is 30.5 Å². The third-order valence-corrected chi connectivity index (χ3v) is 3.94. The highest BCUT2D eigenvalue weighted by molar-refractivity contribution is 5.68. The van der Waals surface area contributed by atoms with Crippen molar-refractivity contribution in [2.45, 2.75) is 45.9 Å². The maximum Gasteiger partial charge on any atom is 0.421 e. The summed E-state index contributed by atoms with van der Waals surface area (Å²) in [5, 5.41) is 0. The number of anilines is 2. The molecule has 0 bridgehead atoms. The lowest BCUT2D eigenvalue weighted by molar-refractivity contribution is -0.137. The summed E-state index contributed by atoms with van der Waals surface area (Å²) in [5.41, 5.74) is -0.462. The molecule has 5 nitrogen and oxygen atoms in total. The van der Waals surface area contributed by atoms with Crippen molar-refractivity contribution in [3.63, 3.8) is 0 Å². The Hall–Kier alpha value is -2.51. The zero-order valence-electron chi connectivity index (χ0n) is 15.9. The van der Waals surface area contributed by atoms with Crippen molar-refractivity contribution < 1.29 is 22.6 Å². The number of ether oxygens (including phenoxy) is 2. The van der Waals surface area contributed by atoms with E-state index in [1.165, 1.54) is 11.9 Å². The summed E-state index contributed by atoms with van der Waals surface area (Å²) in [4.78, 5) is 9.12. The molecule has 1 aromatic heterocycles. The van der Waals surface area contributed by atoms with E-state index < -0.39 is 11.7 Å². The highest BCUT2D eigenvalue weighted by Gasteiger charge is 2.37. The largest absolute Gasteiger partial charge is 0.491 e. The van der Waals surface area contributed by atoms with E-state index in [0.29, 0.717) is 24.5 Å². The summed E-state index contributed by atoms with van der Waals surface area (Å²) < 4.78 is 51.7. The zero-order chi connectivity index (χ0) is 20.0. The van der Waals surface area contributed by atoms with Crippen molar-refractivity contribution in [2.24, 2.45) is 0 Å². The molecular formula is C19H24F3N3O2. The van der Waals surface area contributed by atoms with Crippen molar-refractivity contribution in [1.82, 2.24) is 9.97 Å². The van der Waals surface area contributed by atoms with Gasteiger partial charge >= 0.3 is 12.2 Å². The van der Waals surface area contributed by atoms with Gasteiger partial charge in [0.25, 0.3) is 0 Å². The molecule has 0 aliphatic carbocycles. The van der Waals surface area contributed by atoms with Crippen LogP contribution in [0.4, 0.5) is 24.7 Å². The van der Waals surface area contributed by atoms with Crippen LogP contribution in [0.25, 0.3) is 0 Å². The number of nitrogens with zero attached hydrogens (tertiary/aromatic N) is 3. The fourth-order valence-electron chi connectivity index (χ4n) is 2.32. The van der Waals surface area contributed by atoms with Crippen LogP contribution in [0, 0.1) is 0 Å². The minimum absolute atomic E-state index is 0.0915. The first-order valence-electron chi connectivity index (χ1n) is 8.84. The predicted octanol–water partition coefficient (Wildman–Crippen LogP) is 5.23. The first-order valence-corrected chi connectivity index (χ1v) is 8.84. The van der Waals surface area contributed by atoms with Crippen LogP contribution in [-0.4, -0.2) is 29.7 Å². The molecule has 1 unspecified atom stereocenters. The van der Waals surface area contributed by atoms with Crippen molar-refractivity contribution in [3.8, 4) is 11.8 Å². The highest BCUT2D eigenvalue weighted by atomic mass is 19.4. The van der Waals surface area contributed by atoms with Gasteiger partial charge in [0.2, 0.25) is 0 Å². The first-order chi connectivity index (χ1) is 12.8. The number of halogens is 3. The lowest BCUT2D eigenvalue weighted by atomic mass is 10.2. The molecule has 0 radical (unpaired) electrons. The second-order valence-corrected chi connectivity index (χ2v) is 6.10. The van der Waals surface area contributed by atoms with Crippen LogP contribution in [0.5, 0.6) is 11.8 Å². The Morgan fingerprint density at radius 3 is 2.52 bits per heavy atom. The minimum Gasteiger partial charge on any atom is -0.491 e. The van der Waals surface area contributed by atoms with E-state index in [2.05, 4.69) is 9.97 Å². The number of rotatable bonds is 8. The number of benzene rings is 1. The van der Waals surface area contributed by atoms with Crippen molar-refractivity contribution in [1.29, 1.82) is 0 Å². The van der Waals surface area contributed by atoms with Gasteiger partial charge in [0.1, 0.15) is 11.3 Å². The van der Waals surface area contributed by atoms with Crippen LogP contribution >= 0.6 is 0 Å². The van der Waals surface area contributed by atoms with Crippen molar-refractivity contribution >= 4 is 11.5 Å². The Kier molecular flexibility index (Phi) is 6.87. The molecule has 0 fully saturated rings. The van der Waals surface area contributed by atoms with Gasteiger partial charge in [-0.1, -0.05) is 26.0 Å². The molecule has 1 atom stereocenters. The molecule has 1 heterocycles. The Bertz CT molecular complexity index is 753. The van der Waals surface area contributed by atoms with Gasteiger partial charge in [0, 0.05) is 13.2 Å². The second-order valence-electron chi connectivity index (χ2n) is 6.10. The second kappa shape index (κ2) is 8.92. The number of hydrogen-bond donors (Lipinski definition) is 0. The van der Waals surface area contributed by atoms with Gasteiger partial charge in [-0.2, -0.15) is 18.2 Å². The van der Waals surface area contributed by atoms with Crippen LogP contribution in [-0.2, 0) is 6.18 Å². The lowest BCUT2D eigenvalue weighted by Gasteiger charge is -2.25. The fourth-order valence-corrected chi connectivity index (χ4v) is 2.32. The Balaban J connectivity index is 2.49. The van der Waals surface area contributed by atoms with Crippen molar-refractivity contribution in [3.05, 3.63) is 36.0 Å². The molecule has 1 aromatic carbocycles. The minimum atomic E-state index is -4.60. The third-order valence-electron chi connectivity index (χ3n) is 3.94. The average Bonchev–Trinajstić information content (AvgIpc) is 2.65. The van der Waals surface area contributed by atoms with E-state index >= 15 is 0 Å². The maximum absolute atomic E-state index is 13.5. The standard InChI is InChI=1S/C19H24F3N3O2/c1-5-11-26-16-10-8-7-9-15(16)25(4)17-14(19(20,21)22)12-23-18(24-17)27-13(3)6-2/h7-10,12-13H,5-6,11H2,1-4H3. The normalized spacial score (nSPS) is 12.6.